The fraction of sp³-hybridized carbons (Fsp3) is 0.360. The van der Waals surface area contributed by atoms with Crippen molar-refractivity contribution in [1.29, 1.82) is 0 Å². The number of urea groups is 1. The van der Waals surface area contributed by atoms with Crippen LogP contribution in [0.5, 0.6) is 0 Å². The van der Waals surface area contributed by atoms with Gasteiger partial charge >= 0.3 is 6.03 Å². The number of aromatic nitrogens is 2. The van der Waals surface area contributed by atoms with Crippen molar-refractivity contribution in [3.8, 4) is 0 Å². The van der Waals surface area contributed by atoms with Crippen molar-refractivity contribution in [2.45, 2.75) is 59.4 Å². The predicted octanol–water partition coefficient (Wildman–Crippen LogP) is 6.52. The molecular weight excluding hydrogens is 422 g/mol. The normalized spacial score (nSPS) is 11.9. The standard InChI is InChI=1S/C25H32ClN5O/c1-5-16-9-11-18(12-10-16)31(23(8-4)17-14-28-29-15-17)25(32)30-24-19(6-2)21(26)13-22(27)20(24)7-3/h9-15,23H,5-8,27H2,1-4H3,(H,28,29)(H,30,32). The number of nitrogens with one attached hydrogen (secondary N) is 2. The van der Waals surface area contributed by atoms with Crippen LogP contribution < -0.4 is 16.0 Å². The van der Waals surface area contributed by atoms with Gasteiger partial charge in [0.2, 0.25) is 0 Å². The van der Waals surface area contributed by atoms with Gasteiger partial charge in [-0.15, -0.1) is 0 Å². The molecule has 1 heterocycles. The number of nitrogens with two attached hydrogens (primary N) is 1. The minimum atomic E-state index is -0.228. The second-order valence-electron chi connectivity index (χ2n) is 7.76. The number of carbonyl (C=O) groups excluding carboxylic acids is 1. The van der Waals surface area contributed by atoms with Crippen molar-refractivity contribution < 1.29 is 4.79 Å². The van der Waals surface area contributed by atoms with Gasteiger partial charge in [-0.1, -0.05) is 51.4 Å². The Bertz CT molecular complexity index is 1020. The highest BCUT2D eigenvalue weighted by atomic mass is 35.5. The van der Waals surface area contributed by atoms with Crippen molar-refractivity contribution in [3.63, 3.8) is 0 Å². The Kier molecular flexibility index (Phi) is 7.80. The summed E-state index contributed by atoms with van der Waals surface area (Å²) in [6.07, 6.45) is 6.64. The third-order valence-corrected chi connectivity index (χ3v) is 6.24. The van der Waals surface area contributed by atoms with Crippen LogP contribution in [0.25, 0.3) is 0 Å². The summed E-state index contributed by atoms with van der Waals surface area (Å²) in [7, 11) is 0. The molecule has 1 unspecified atom stereocenters. The number of aromatic amines is 1. The van der Waals surface area contributed by atoms with Crippen molar-refractivity contribution in [2.24, 2.45) is 0 Å². The van der Waals surface area contributed by atoms with E-state index in [0.717, 1.165) is 35.2 Å². The number of H-pyrrole nitrogens is 1. The van der Waals surface area contributed by atoms with E-state index in [9.17, 15) is 4.79 Å². The quantitative estimate of drug-likeness (QED) is 0.339. The molecule has 1 aromatic heterocycles. The molecule has 4 N–H and O–H groups in total. The summed E-state index contributed by atoms with van der Waals surface area (Å²) in [6, 6.07) is 9.47. The van der Waals surface area contributed by atoms with Gasteiger partial charge in [-0.05, 0) is 60.6 Å². The van der Waals surface area contributed by atoms with E-state index in [-0.39, 0.29) is 12.1 Å². The first-order chi connectivity index (χ1) is 15.4. The van der Waals surface area contributed by atoms with E-state index in [1.807, 2.05) is 32.2 Å². The molecule has 0 aliphatic rings. The molecule has 0 saturated carbocycles. The number of hydrogen-bond acceptors (Lipinski definition) is 3. The first-order valence-electron chi connectivity index (χ1n) is 11.2. The van der Waals surface area contributed by atoms with Crippen LogP contribution in [-0.4, -0.2) is 16.2 Å². The van der Waals surface area contributed by atoms with Gasteiger partial charge in [-0.25, -0.2) is 4.79 Å². The second-order valence-corrected chi connectivity index (χ2v) is 8.17. The summed E-state index contributed by atoms with van der Waals surface area (Å²) in [4.78, 5) is 15.6. The lowest BCUT2D eigenvalue weighted by Gasteiger charge is -2.32. The summed E-state index contributed by atoms with van der Waals surface area (Å²) in [5.41, 5.74) is 12.3. The van der Waals surface area contributed by atoms with E-state index < -0.39 is 0 Å². The summed E-state index contributed by atoms with van der Waals surface area (Å²) in [5, 5.41) is 10.7. The molecule has 0 aliphatic carbocycles. The van der Waals surface area contributed by atoms with E-state index in [1.54, 1.807) is 17.2 Å². The van der Waals surface area contributed by atoms with Crippen molar-refractivity contribution in [1.82, 2.24) is 10.2 Å². The van der Waals surface area contributed by atoms with Crippen LogP contribution in [0.4, 0.5) is 21.9 Å². The first kappa shape index (κ1) is 23.7. The molecule has 0 bridgehead atoms. The SMILES string of the molecule is CCc1ccc(N(C(=O)Nc2c(CC)c(N)cc(Cl)c2CC)C(CC)c2cn[nH]c2)cc1. The number of nitrogens with zero attached hydrogens (tertiary/aromatic N) is 2. The molecule has 6 nitrogen and oxygen atoms in total. The maximum absolute atomic E-state index is 13.8. The Hall–Kier alpha value is -2.99. The highest BCUT2D eigenvalue weighted by Gasteiger charge is 2.28. The van der Waals surface area contributed by atoms with Crippen molar-refractivity contribution >= 4 is 34.7 Å². The second kappa shape index (κ2) is 10.6. The van der Waals surface area contributed by atoms with Crippen molar-refractivity contribution in [2.75, 3.05) is 16.0 Å². The van der Waals surface area contributed by atoms with Crippen LogP contribution >= 0.6 is 11.6 Å². The first-order valence-corrected chi connectivity index (χ1v) is 11.6. The molecule has 3 aromatic rings. The van der Waals surface area contributed by atoms with Gasteiger partial charge in [-0.2, -0.15) is 5.10 Å². The summed E-state index contributed by atoms with van der Waals surface area (Å²) in [5.74, 6) is 0. The number of anilines is 3. The molecule has 0 fully saturated rings. The molecule has 2 amide bonds. The molecular formula is C25H32ClN5O. The van der Waals surface area contributed by atoms with Gasteiger partial charge in [0.05, 0.1) is 17.9 Å². The zero-order valence-corrected chi connectivity index (χ0v) is 20.0. The van der Waals surface area contributed by atoms with Crippen LogP contribution in [-0.2, 0) is 19.3 Å². The number of rotatable bonds is 8. The maximum Gasteiger partial charge on any atom is 0.326 e. The van der Waals surface area contributed by atoms with Crippen LogP contribution in [0.3, 0.4) is 0 Å². The largest absolute Gasteiger partial charge is 0.398 e. The lowest BCUT2D eigenvalue weighted by molar-refractivity contribution is 0.254. The fourth-order valence-electron chi connectivity index (χ4n) is 4.14. The Balaban J connectivity index is 2.08. The molecule has 1 atom stereocenters. The number of nitrogen functional groups attached to an aromatic ring is 1. The van der Waals surface area contributed by atoms with Gasteiger partial charge in [-0.3, -0.25) is 10.00 Å². The minimum Gasteiger partial charge on any atom is -0.398 e. The number of amides is 2. The van der Waals surface area contributed by atoms with Gasteiger partial charge in [0.1, 0.15) is 0 Å². The summed E-state index contributed by atoms with van der Waals surface area (Å²) in [6.45, 7) is 8.22. The van der Waals surface area contributed by atoms with Gasteiger partial charge in [0, 0.05) is 28.2 Å². The zero-order chi connectivity index (χ0) is 23.3. The van der Waals surface area contributed by atoms with E-state index >= 15 is 0 Å². The highest BCUT2D eigenvalue weighted by molar-refractivity contribution is 6.32. The Morgan fingerprint density at radius 1 is 1.12 bits per heavy atom. The van der Waals surface area contributed by atoms with Crippen LogP contribution in [0.1, 0.15) is 62.4 Å². The average Bonchev–Trinajstić information content (AvgIpc) is 3.32. The Labute approximate surface area is 195 Å². The van der Waals surface area contributed by atoms with Crippen molar-refractivity contribution in [3.05, 3.63) is 70.0 Å². The molecule has 32 heavy (non-hydrogen) atoms. The molecule has 170 valence electrons. The lowest BCUT2D eigenvalue weighted by atomic mass is 10.0. The van der Waals surface area contributed by atoms with Crippen LogP contribution in [0, 0.1) is 0 Å². The third kappa shape index (κ3) is 4.75. The van der Waals surface area contributed by atoms with Gasteiger partial charge in [0.25, 0.3) is 0 Å². The van der Waals surface area contributed by atoms with E-state index in [4.69, 9.17) is 17.3 Å². The van der Waals surface area contributed by atoms with Gasteiger partial charge < -0.3 is 11.1 Å². The monoisotopic (exact) mass is 453 g/mol. The number of aryl methyl sites for hydroxylation is 1. The Morgan fingerprint density at radius 2 is 1.81 bits per heavy atom. The average molecular weight is 454 g/mol. The third-order valence-electron chi connectivity index (χ3n) is 5.91. The van der Waals surface area contributed by atoms with E-state index in [0.29, 0.717) is 29.2 Å². The maximum atomic E-state index is 13.8. The van der Waals surface area contributed by atoms with E-state index in [2.05, 4.69) is 41.5 Å². The molecule has 2 aromatic carbocycles. The number of halogens is 1. The number of carbonyl (C=O) groups is 1. The molecule has 0 radical (unpaired) electrons. The molecule has 0 spiro atoms. The molecule has 0 saturated heterocycles. The fourth-order valence-corrected chi connectivity index (χ4v) is 4.49. The molecule has 3 rings (SSSR count). The predicted molar refractivity (Wildman–Crippen MR) is 134 cm³/mol. The highest BCUT2D eigenvalue weighted by Crippen LogP contribution is 2.36. The molecule has 7 heteroatoms. The molecule has 0 aliphatic heterocycles. The smallest absolute Gasteiger partial charge is 0.326 e. The summed E-state index contributed by atoms with van der Waals surface area (Å²) < 4.78 is 0. The number of hydrogen-bond donors (Lipinski definition) is 3. The van der Waals surface area contributed by atoms with Crippen LogP contribution in [0.15, 0.2) is 42.7 Å². The summed E-state index contributed by atoms with van der Waals surface area (Å²) >= 11 is 6.49. The van der Waals surface area contributed by atoms with Gasteiger partial charge in [0.15, 0.2) is 0 Å². The minimum absolute atomic E-state index is 0.187. The number of benzene rings is 2. The Morgan fingerprint density at radius 3 is 2.34 bits per heavy atom. The zero-order valence-electron chi connectivity index (χ0n) is 19.2. The lowest BCUT2D eigenvalue weighted by Crippen LogP contribution is -2.38. The van der Waals surface area contributed by atoms with Crippen LogP contribution in [0.2, 0.25) is 5.02 Å². The van der Waals surface area contributed by atoms with E-state index in [1.165, 1.54) is 5.56 Å². The topological polar surface area (TPSA) is 87.0 Å².